The van der Waals surface area contributed by atoms with Gasteiger partial charge in [0.15, 0.2) is 0 Å². The van der Waals surface area contributed by atoms with Gasteiger partial charge >= 0.3 is 0 Å². The molecule has 0 saturated heterocycles. The second-order valence-corrected chi connectivity index (χ2v) is 8.81. The predicted octanol–water partition coefficient (Wildman–Crippen LogP) is 3.83. The molecule has 0 aliphatic heterocycles. The first-order valence-corrected chi connectivity index (χ1v) is 11.6. The summed E-state index contributed by atoms with van der Waals surface area (Å²) in [5.41, 5.74) is 2.08. The number of rotatable bonds is 9. The zero-order chi connectivity index (χ0) is 24.9. The number of fused-ring (bicyclic) bond motifs is 1. The summed E-state index contributed by atoms with van der Waals surface area (Å²) in [6.07, 6.45) is 4.99. The highest BCUT2D eigenvalue weighted by atomic mass is 16.3. The van der Waals surface area contributed by atoms with Gasteiger partial charge in [0.1, 0.15) is 17.2 Å². The maximum atomic E-state index is 12.8. The fraction of sp³-hybridized carbons (Fsp3) is 0.320. The molecular formula is C25H30N8O2. The second kappa shape index (κ2) is 10.5. The molecule has 0 fully saturated rings. The molecule has 1 amide bonds. The minimum Gasteiger partial charge on any atom is -0.394 e. The summed E-state index contributed by atoms with van der Waals surface area (Å²) in [6.45, 7) is 7.70. The van der Waals surface area contributed by atoms with Crippen LogP contribution in [0.1, 0.15) is 55.7 Å². The molecule has 1 aromatic carbocycles. The van der Waals surface area contributed by atoms with E-state index in [0.717, 1.165) is 16.5 Å². The van der Waals surface area contributed by atoms with Crippen LogP contribution in [-0.4, -0.2) is 48.4 Å². The van der Waals surface area contributed by atoms with Gasteiger partial charge in [0, 0.05) is 35.9 Å². The Balaban J connectivity index is 1.67. The number of aliphatic hydroxyl groups is 1. The number of hydrogen-bond acceptors (Lipinski definition) is 8. The van der Waals surface area contributed by atoms with Crippen molar-refractivity contribution in [3.8, 4) is 0 Å². The van der Waals surface area contributed by atoms with E-state index < -0.39 is 6.04 Å². The number of aliphatic hydroxyl groups excluding tert-OH is 1. The molecule has 4 N–H and O–H groups in total. The van der Waals surface area contributed by atoms with Crippen molar-refractivity contribution < 1.29 is 9.90 Å². The fourth-order valence-corrected chi connectivity index (χ4v) is 3.68. The number of carbonyl (C=O) groups excluding carboxylic acids is 1. The number of benzene rings is 1. The highest BCUT2D eigenvalue weighted by Gasteiger charge is 2.20. The van der Waals surface area contributed by atoms with Crippen LogP contribution in [0.25, 0.3) is 10.9 Å². The third kappa shape index (κ3) is 5.55. The quantitative estimate of drug-likeness (QED) is 0.288. The van der Waals surface area contributed by atoms with Crippen LogP contribution in [0, 0.1) is 0 Å². The topological polar surface area (TPSA) is 130 Å². The van der Waals surface area contributed by atoms with Crippen LogP contribution in [0.3, 0.4) is 0 Å². The highest BCUT2D eigenvalue weighted by molar-refractivity contribution is 5.98. The number of anilines is 3. The molecule has 0 aliphatic rings. The Morgan fingerprint density at radius 3 is 2.51 bits per heavy atom. The van der Waals surface area contributed by atoms with Crippen molar-refractivity contribution in [3.05, 3.63) is 66.1 Å². The average molecular weight is 475 g/mol. The Kier molecular flexibility index (Phi) is 7.21. The van der Waals surface area contributed by atoms with Gasteiger partial charge in [-0.3, -0.25) is 9.48 Å². The van der Waals surface area contributed by atoms with E-state index in [1.807, 2.05) is 54.9 Å². The van der Waals surface area contributed by atoms with Gasteiger partial charge in [0.05, 0.1) is 24.4 Å². The summed E-state index contributed by atoms with van der Waals surface area (Å²) in [6, 6.07) is 11.1. The molecule has 10 heteroatoms. The molecule has 182 valence electrons. The van der Waals surface area contributed by atoms with Crippen LogP contribution < -0.4 is 16.0 Å². The Morgan fingerprint density at radius 2 is 1.83 bits per heavy atom. The molecule has 0 aliphatic carbocycles. The molecule has 1 unspecified atom stereocenters. The van der Waals surface area contributed by atoms with Crippen LogP contribution in [0.2, 0.25) is 0 Å². The number of amides is 1. The monoisotopic (exact) mass is 474 g/mol. The van der Waals surface area contributed by atoms with Crippen LogP contribution in [0.15, 0.2) is 55.0 Å². The number of hydrogen-bond donors (Lipinski definition) is 4. The minimum atomic E-state index is -0.459. The number of pyridine rings is 1. The zero-order valence-corrected chi connectivity index (χ0v) is 20.2. The zero-order valence-electron chi connectivity index (χ0n) is 20.2. The normalized spacial score (nSPS) is 12.2. The van der Waals surface area contributed by atoms with E-state index in [-0.39, 0.29) is 36.1 Å². The molecule has 3 heterocycles. The van der Waals surface area contributed by atoms with Gasteiger partial charge in [-0.25, -0.2) is 9.97 Å². The number of nitrogens with zero attached hydrogens (tertiary/aromatic N) is 5. The number of aromatic nitrogens is 5. The van der Waals surface area contributed by atoms with Crippen LogP contribution in [-0.2, 0) is 0 Å². The first-order valence-electron chi connectivity index (χ1n) is 11.6. The molecule has 1 atom stereocenters. The lowest BCUT2D eigenvalue weighted by atomic mass is 10.1. The summed E-state index contributed by atoms with van der Waals surface area (Å²) in [4.78, 5) is 26.2. The van der Waals surface area contributed by atoms with Crippen molar-refractivity contribution in [3.63, 3.8) is 0 Å². The van der Waals surface area contributed by atoms with E-state index >= 15 is 0 Å². The van der Waals surface area contributed by atoms with Gasteiger partial charge in [-0.05, 0) is 33.3 Å². The van der Waals surface area contributed by atoms with Gasteiger partial charge in [-0.1, -0.05) is 30.3 Å². The molecule has 3 aromatic heterocycles. The maximum Gasteiger partial charge on any atom is 0.256 e. The van der Waals surface area contributed by atoms with E-state index in [4.69, 9.17) is 0 Å². The minimum absolute atomic E-state index is 0.0577. The van der Waals surface area contributed by atoms with Crippen molar-refractivity contribution >= 4 is 34.4 Å². The molecule has 4 aromatic rings. The lowest BCUT2D eigenvalue weighted by Crippen LogP contribution is -2.31. The Hall–Kier alpha value is -4.05. The van der Waals surface area contributed by atoms with Gasteiger partial charge in [-0.15, -0.1) is 0 Å². The molecule has 4 rings (SSSR count). The fourth-order valence-electron chi connectivity index (χ4n) is 3.68. The van der Waals surface area contributed by atoms with Gasteiger partial charge in [0.25, 0.3) is 5.91 Å². The summed E-state index contributed by atoms with van der Waals surface area (Å²) in [5.74, 6) is 0.809. The lowest BCUT2D eigenvalue weighted by molar-refractivity contribution is 0.0943. The Morgan fingerprint density at radius 1 is 1.06 bits per heavy atom. The van der Waals surface area contributed by atoms with Crippen LogP contribution >= 0.6 is 0 Å². The van der Waals surface area contributed by atoms with E-state index in [2.05, 4.69) is 49.8 Å². The van der Waals surface area contributed by atoms with Crippen molar-refractivity contribution in [2.45, 2.75) is 45.8 Å². The van der Waals surface area contributed by atoms with E-state index in [0.29, 0.717) is 11.6 Å². The standard InChI is InChI=1S/C25H30N8O2/c1-15(2)29-24(35)19-13-27-25(32-23(19)30-20(14-34)17-8-6-5-7-9-17)31-22-10-21-18(11-26-22)12-28-33(21)16(3)4/h5-13,15-16,20,34H,14H2,1-4H3,(H,29,35)(H2,26,27,30,31,32). The number of nitrogens with one attached hydrogen (secondary N) is 3. The van der Waals surface area contributed by atoms with Crippen molar-refractivity contribution in [1.29, 1.82) is 0 Å². The Labute approximate surface area is 203 Å². The summed E-state index contributed by atoms with van der Waals surface area (Å²) in [5, 5.41) is 24.6. The SMILES string of the molecule is CC(C)NC(=O)c1cnc(Nc2cc3c(cn2)cnn3C(C)C)nc1NC(CO)c1ccccc1. The third-order valence-electron chi connectivity index (χ3n) is 5.36. The molecule has 0 bridgehead atoms. The van der Waals surface area contributed by atoms with E-state index in [1.54, 1.807) is 12.4 Å². The molecule has 10 nitrogen and oxygen atoms in total. The van der Waals surface area contributed by atoms with E-state index in [9.17, 15) is 9.90 Å². The first kappa shape index (κ1) is 24.1. The summed E-state index contributed by atoms with van der Waals surface area (Å²) in [7, 11) is 0. The second-order valence-electron chi connectivity index (χ2n) is 8.81. The Bertz CT molecular complexity index is 1300. The lowest BCUT2D eigenvalue weighted by Gasteiger charge is -2.20. The van der Waals surface area contributed by atoms with Crippen molar-refractivity contribution in [2.75, 3.05) is 17.2 Å². The number of carbonyl (C=O) groups is 1. The maximum absolute atomic E-state index is 12.8. The molecule has 0 radical (unpaired) electrons. The average Bonchev–Trinajstić information content (AvgIpc) is 3.26. The van der Waals surface area contributed by atoms with Crippen molar-refractivity contribution in [2.24, 2.45) is 0 Å². The smallest absolute Gasteiger partial charge is 0.256 e. The third-order valence-corrected chi connectivity index (χ3v) is 5.36. The highest BCUT2D eigenvalue weighted by Crippen LogP contribution is 2.24. The van der Waals surface area contributed by atoms with Gasteiger partial charge in [-0.2, -0.15) is 10.1 Å². The van der Waals surface area contributed by atoms with E-state index in [1.165, 1.54) is 6.20 Å². The van der Waals surface area contributed by atoms with Crippen molar-refractivity contribution in [1.82, 2.24) is 30.0 Å². The first-order chi connectivity index (χ1) is 16.9. The molecule has 0 spiro atoms. The molecule has 0 saturated carbocycles. The van der Waals surface area contributed by atoms with Gasteiger partial charge in [0.2, 0.25) is 5.95 Å². The summed E-state index contributed by atoms with van der Waals surface area (Å²) >= 11 is 0. The largest absolute Gasteiger partial charge is 0.394 e. The molecule has 35 heavy (non-hydrogen) atoms. The van der Waals surface area contributed by atoms with Gasteiger partial charge < -0.3 is 21.1 Å². The summed E-state index contributed by atoms with van der Waals surface area (Å²) < 4.78 is 1.92. The van der Waals surface area contributed by atoms with Crippen LogP contribution in [0.4, 0.5) is 17.6 Å². The molecular weight excluding hydrogens is 444 g/mol. The predicted molar refractivity (Wildman–Crippen MR) is 136 cm³/mol. The van der Waals surface area contributed by atoms with Crippen LogP contribution in [0.5, 0.6) is 0 Å².